The molecule has 2 atom stereocenters. The molecule has 0 spiro atoms. The standard InChI is InChI=1S/C18H13F2N2.C5H12O2.Ir/c1-11-12(2)22-18(14-5-9-16(20)10-6-14)17(21-11)13-3-7-15(19)8-4-13;1-4(6)3-5(2)7;/h3-5,7-10H,1-2H3;4-7H,3H2,1-2H3;/q-1;;. The molecule has 30 heavy (non-hydrogen) atoms. The zero-order valence-electron chi connectivity index (χ0n) is 17.3. The van der Waals surface area contributed by atoms with Crippen LogP contribution in [0, 0.1) is 31.5 Å². The second kappa shape index (κ2) is 12.0. The number of halogens is 2. The zero-order valence-corrected chi connectivity index (χ0v) is 19.7. The minimum Gasteiger partial charge on any atom is -0.393 e. The number of aliphatic hydroxyl groups excluding tert-OH is 2. The van der Waals surface area contributed by atoms with Crippen molar-refractivity contribution in [2.75, 3.05) is 0 Å². The van der Waals surface area contributed by atoms with Crippen molar-refractivity contribution < 1.29 is 39.1 Å². The maximum Gasteiger partial charge on any atom is 0.123 e. The Morgan fingerprint density at radius 1 is 0.833 bits per heavy atom. The van der Waals surface area contributed by atoms with Gasteiger partial charge in [0.15, 0.2) is 0 Å². The van der Waals surface area contributed by atoms with E-state index in [1.807, 2.05) is 13.8 Å². The Morgan fingerprint density at radius 2 is 1.33 bits per heavy atom. The predicted octanol–water partition coefficient (Wildman–Crippen LogP) is 4.64. The summed E-state index contributed by atoms with van der Waals surface area (Å²) in [6.07, 6.45) is -0.278. The van der Waals surface area contributed by atoms with E-state index in [0.29, 0.717) is 23.4 Å². The Bertz CT molecular complexity index is 855. The molecule has 0 fully saturated rings. The van der Waals surface area contributed by atoms with Crippen LogP contribution in [0.4, 0.5) is 8.78 Å². The molecule has 0 saturated carbocycles. The van der Waals surface area contributed by atoms with Crippen LogP contribution in [-0.2, 0) is 20.1 Å². The van der Waals surface area contributed by atoms with E-state index in [1.54, 1.807) is 32.0 Å². The molecular weight excluding hydrogens is 566 g/mol. The third-order valence-corrected chi connectivity index (χ3v) is 4.14. The van der Waals surface area contributed by atoms with Gasteiger partial charge in [0.1, 0.15) is 5.82 Å². The Morgan fingerprint density at radius 3 is 1.77 bits per heavy atom. The van der Waals surface area contributed by atoms with Crippen molar-refractivity contribution in [2.24, 2.45) is 0 Å². The molecule has 0 bridgehead atoms. The van der Waals surface area contributed by atoms with E-state index >= 15 is 0 Å². The quantitative estimate of drug-likeness (QED) is 0.434. The number of aryl methyl sites for hydroxylation is 2. The fourth-order valence-corrected chi connectivity index (χ4v) is 2.65. The molecule has 2 N–H and O–H groups in total. The third-order valence-electron chi connectivity index (χ3n) is 4.14. The summed E-state index contributed by atoms with van der Waals surface area (Å²) in [7, 11) is 0. The maximum absolute atomic E-state index is 13.1. The van der Waals surface area contributed by atoms with Crippen molar-refractivity contribution in [3.63, 3.8) is 0 Å². The minimum absolute atomic E-state index is 0. The van der Waals surface area contributed by atoms with Crippen molar-refractivity contribution in [1.29, 1.82) is 0 Å². The summed E-state index contributed by atoms with van der Waals surface area (Å²) in [4.78, 5) is 9.13. The smallest absolute Gasteiger partial charge is 0.123 e. The largest absolute Gasteiger partial charge is 0.393 e. The monoisotopic (exact) mass is 592 g/mol. The average molecular weight is 592 g/mol. The van der Waals surface area contributed by atoms with Crippen LogP contribution in [-0.4, -0.2) is 32.4 Å². The van der Waals surface area contributed by atoms with Crippen molar-refractivity contribution in [2.45, 2.75) is 46.3 Å². The molecule has 163 valence electrons. The van der Waals surface area contributed by atoms with Crippen LogP contribution < -0.4 is 0 Å². The fourth-order valence-electron chi connectivity index (χ4n) is 2.65. The molecule has 3 aromatic rings. The molecule has 4 nitrogen and oxygen atoms in total. The van der Waals surface area contributed by atoms with Gasteiger partial charge in [0, 0.05) is 37.3 Å². The first kappa shape index (κ1) is 26.0. The molecule has 0 saturated heterocycles. The van der Waals surface area contributed by atoms with Crippen molar-refractivity contribution in [1.82, 2.24) is 9.97 Å². The second-order valence-corrected chi connectivity index (χ2v) is 6.95. The van der Waals surface area contributed by atoms with Crippen LogP contribution in [0.5, 0.6) is 0 Å². The molecule has 1 heterocycles. The number of hydrogen-bond donors (Lipinski definition) is 2. The van der Waals surface area contributed by atoms with Gasteiger partial charge >= 0.3 is 0 Å². The normalized spacial score (nSPS) is 12.3. The van der Waals surface area contributed by atoms with Crippen LogP contribution in [0.3, 0.4) is 0 Å². The van der Waals surface area contributed by atoms with E-state index in [-0.39, 0.29) is 43.9 Å². The number of hydrogen-bond acceptors (Lipinski definition) is 4. The molecular formula is C23H25F2IrN2O2-. The molecule has 1 radical (unpaired) electrons. The topological polar surface area (TPSA) is 66.2 Å². The van der Waals surface area contributed by atoms with Gasteiger partial charge in [-0.25, -0.2) is 4.39 Å². The first-order valence-corrected chi connectivity index (χ1v) is 9.32. The molecule has 2 aromatic carbocycles. The fraction of sp³-hybridized carbons (Fsp3) is 0.304. The third kappa shape index (κ3) is 7.65. The van der Waals surface area contributed by atoms with E-state index in [9.17, 15) is 8.78 Å². The van der Waals surface area contributed by atoms with Gasteiger partial charge in [-0.15, -0.1) is 29.8 Å². The number of rotatable bonds is 4. The number of nitrogens with zero attached hydrogens (tertiary/aromatic N) is 2. The minimum atomic E-state index is -0.375. The first-order chi connectivity index (χ1) is 13.7. The van der Waals surface area contributed by atoms with Gasteiger partial charge < -0.3 is 10.2 Å². The summed E-state index contributed by atoms with van der Waals surface area (Å²) in [5.41, 5.74) is 4.23. The molecule has 0 aliphatic carbocycles. The summed E-state index contributed by atoms with van der Waals surface area (Å²) in [6, 6.07) is 13.2. The first-order valence-electron chi connectivity index (χ1n) is 9.32. The van der Waals surface area contributed by atoms with E-state index in [2.05, 4.69) is 16.0 Å². The second-order valence-electron chi connectivity index (χ2n) is 6.95. The molecule has 3 rings (SSSR count). The van der Waals surface area contributed by atoms with Crippen LogP contribution in [0.1, 0.15) is 31.7 Å². The van der Waals surface area contributed by atoms with Crippen molar-refractivity contribution in [3.05, 3.63) is 71.6 Å². The van der Waals surface area contributed by atoms with Crippen molar-refractivity contribution in [3.8, 4) is 22.5 Å². The van der Waals surface area contributed by atoms with Crippen molar-refractivity contribution >= 4 is 0 Å². The van der Waals surface area contributed by atoms with E-state index in [4.69, 9.17) is 10.2 Å². The molecule has 2 unspecified atom stereocenters. The Labute approximate surface area is 189 Å². The molecule has 1 aromatic heterocycles. The summed E-state index contributed by atoms with van der Waals surface area (Å²) < 4.78 is 26.2. The Hall–Kier alpha value is -2.05. The zero-order chi connectivity index (χ0) is 21.6. The maximum atomic E-state index is 13.1. The van der Waals surface area contributed by atoms with E-state index < -0.39 is 0 Å². The van der Waals surface area contributed by atoms with Crippen LogP contribution >= 0.6 is 0 Å². The van der Waals surface area contributed by atoms with Gasteiger partial charge in [-0.05, 0) is 51.8 Å². The summed E-state index contributed by atoms with van der Waals surface area (Å²) >= 11 is 0. The molecule has 0 aliphatic rings. The Kier molecular flexibility index (Phi) is 10.4. The Balaban J connectivity index is 0.000000489. The van der Waals surface area contributed by atoms with Crippen LogP contribution in [0.2, 0.25) is 0 Å². The van der Waals surface area contributed by atoms with E-state index in [1.165, 1.54) is 24.3 Å². The van der Waals surface area contributed by atoms with Gasteiger partial charge in [-0.1, -0.05) is 12.1 Å². The summed E-state index contributed by atoms with van der Waals surface area (Å²) in [5, 5.41) is 17.1. The SMILES string of the molecule is CC(O)CC(C)O.Cc1nc(-c2[c-]cc(F)cc2)c(-c2ccc(F)cc2)nc1C.[Ir]. The summed E-state index contributed by atoms with van der Waals surface area (Å²) in [6.45, 7) is 7.05. The molecule has 0 aliphatic heterocycles. The van der Waals surface area contributed by atoms with Crippen LogP contribution in [0.25, 0.3) is 22.5 Å². The van der Waals surface area contributed by atoms with Gasteiger partial charge in [0.25, 0.3) is 0 Å². The van der Waals surface area contributed by atoms with Gasteiger partial charge in [-0.3, -0.25) is 14.4 Å². The average Bonchev–Trinajstić information content (AvgIpc) is 2.64. The molecule has 7 heteroatoms. The van der Waals surface area contributed by atoms with Gasteiger partial charge in [-0.2, -0.15) is 0 Å². The summed E-state index contributed by atoms with van der Waals surface area (Å²) in [5.74, 6) is -0.667. The van der Waals surface area contributed by atoms with Crippen LogP contribution in [0.15, 0.2) is 42.5 Å². The number of benzene rings is 2. The number of aromatic nitrogens is 2. The van der Waals surface area contributed by atoms with Gasteiger partial charge in [0.05, 0.1) is 23.6 Å². The molecule has 0 amide bonds. The van der Waals surface area contributed by atoms with E-state index in [0.717, 1.165) is 17.0 Å². The number of aliphatic hydroxyl groups is 2. The van der Waals surface area contributed by atoms with Gasteiger partial charge in [0.2, 0.25) is 0 Å². The predicted molar refractivity (Wildman–Crippen MR) is 109 cm³/mol.